The van der Waals surface area contributed by atoms with E-state index in [-0.39, 0.29) is 5.91 Å². The molecule has 7 nitrogen and oxygen atoms in total. The third-order valence-electron chi connectivity index (χ3n) is 5.90. The SMILES string of the molecule is CC[C@]1(C(=O)OC)N[C@H](c2ccco2)[C@@H]2C(=O)N(c3ccc(C)cc3)C(=O)[C@H]21. The normalized spacial score (nSPS) is 29.2. The zero-order valence-electron chi connectivity index (χ0n) is 16.0. The molecule has 0 radical (unpaired) electrons. The number of carbonyl (C=O) groups is 3. The van der Waals surface area contributed by atoms with Crippen LogP contribution in [0.25, 0.3) is 0 Å². The Hall–Kier alpha value is -2.93. The smallest absolute Gasteiger partial charge is 0.326 e. The van der Waals surface area contributed by atoms with Crippen LogP contribution in [0.5, 0.6) is 0 Å². The Balaban J connectivity index is 1.84. The van der Waals surface area contributed by atoms with Gasteiger partial charge < -0.3 is 9.15 Å². The van der Waals surface area contributed by atoms with E-state index >= 15 is 0 Å². The lowest BCUT2D eigenvalue weighted by molar-refractivity contribution is -0.152. The number of benzene rings is 1. The molecule has 2 aliphatic heterocycles. The highest BCUT2D eigenvalue weighted by Crippen LogP contribution is 2.51. The largest absolute Gasteiger partial charge is 0.468 e. The molecular formula is C21H22N2O5. The standard InChI is InChI=1S/C21H22N2O5/c1-4-21(20(26)27-3)16-15(17(22-21)14-6-5-11-28-14)18(24)23(19(16)25)13-9-7-12(2)8-10-13/h5-11,15-17,22H,4H2,1-3H3/t15-,16+,17-,21+/m1/s1. The van der Waals surface area contributed by atoms with Crippen molar-refractivity contribution >= 4 is 23.5 Å². The fourth-order valence-corrected chi connectivity index (χ4v) is 4.50. The van der Waals surface area contributed by atoms with E-state index < -0.39 is 35.3 Å². The Morgan fingerprint density at radius 3 is 2.50 bits per heavy atom. The van der Waals surface area contributed by atoms with Gasteiger partial charge in [0, 0.05) is 0 Å². The lowest BCUT2D eigenvalue weighted by Gasteiger charge is -2.31. The number of imide groups is 1. The number of hydrogen-bond acceptors (Lipinski definition) is 6. The van der Waals surface area contributed by atoms with Crippen LogP contribution in [0.2, 0.25) is 0 Å². The summed E-state index contributed by atoms with van der Waals surface area (Å²) in [5.74, 6) is -2.39. The molecule has 0 aliphatic carbocycles. The number of furan rings is 1. The molecule has 1 aromatic carbocycles. The number of esters is 1. The summed E-state index contributed by atoms with van der Waals surface area (Å²) in [6.45, 7) is 3.74. The van der Waals surface area contributed by atoms with E-state index in [4.69, 9.17) is 9.15 Å². The molecule has 1 aromatic heterocycles. The zero-order valence-corrected chi connectivity index (χ0v) is 16.0. The van der Waals surface area contributed by atoms with E-state index in [2.05, 4.69) is 5.32 Å². The van der Waals surface area contributed by atoms with Gasteiger partial charge in [-0.3, -0.25) is 19.7 Å². The highest BCUT2D eigenvalue weighted by molar-refractivity contribution is 6.24. The average molecular weight is 382 g/mol. The third kappa shape index (κ3) is 2.43. The molecule has 2 amide bonds. The predicted octanol–water partition coefficient (Wildman–Crippen LogP) is 2.36. The molecule has 2 saturated heterocycles. The van der Waals surface area contributed by atoms with Gasteiger partial charge in [0.25, 0.3) is 0 Å². The van der Waals surface area contributed by atoms with Crippen LogP contribution in [0, 0.1) is 18.8 Å². The van der Waals surface area contributed by atoms with Crippen LogP contribution in [0.4, 0.5) is 5.69 Å². The number of nitrogens with zero attached hydrogens (tertiary/aromatic N) is 1. The summed E-state index contributed by atoms with van der Waals surface area (Å²) < 4.78 is 10.5. The second kappa shape index (κ2) is 6.60. The van der Waals surface area contributed by atoms with Gasteiger partial charge in [-0.1, -0.05) is 24.6 Å². The van der Waals surface area contributed by atoms with Gasteiger partial charge in [-0.15, -0.1) is 0 Å². The van der Waals surface area contributed by atoms with Gasteiger partial charge in [0.15, 0.2) is 0 Å². The monoisotopic (exact) mass is 382 g/mol. The zero-order chi connectivity index (χ0) is 20.1. The first kappa shape index (κ1) is 18.4. The molecule has 2 aromatic rings. The molecule has 0 unspecified atom stereocenters. The first-order valence-corrected chi connectivity index (χ1v) is 9.28. The van der Waals surface area contributed by atoms with E-state index in [1.165, 1.54) is 18.3 Å². The van der Waals surface area contributed by atoms with Crippen LogP contribution >= 0.6 is 0 Å². The van der Waals surface area contributed by atoms with Crippen molar-refractivity contribution in [3.63, 3.8) is 0 Å². The molecule has 4 rings (SSSR count). The number of amides is 2. The van der Waals surface area contributed by atoms with E-state index in [0.29, 0.717) is 17.9 Å². The Kier molecular flexibility index (Phi) is 4.34. The Morgan fingerprint density at radius 2 is 1.93 bits per heavy atom. The van der Waals surface area contributed by atoms with Gasteiger partial charge in [-0.05, 0) is 37.6 Å². The Labute approximate surface area is 162 Å². The fraction of sp³-hybridized carbons (Fsp3) is 0.381. The Morgan fingerprint density at radius 1 is 1.21 bits per heavy atom. The highest BCUT2D eigenvalue weighted by Gasteiger charge is 2.68. The van der Waals surface area contributed by atoms with Crippen LogP contribution in [-0.2, 0) is 19.1 Å². The van der Waals surface area contributed by atoms with Crippen molar-refractivity contribution in [2.45, 2.75) is 31.8 Å². The lowest BCUT2D eigenvalue weighted by atomic mass is 9.78. The fourth-order valence-electron chi connectivity index (χ4n) is 4.50. The van der Waals surface area contributed by atoms with Gasteiger partial charge in [0.1, 0.15) is 11.3 Å². The molecule has 2 fully saturated rings. The third-order valence-corrected chi connectivity index (χ3v) is 5.90. The molecular weight excluding hydrogens is 360 g/mol. The van der Waals surface area contributed by atoms with Gasteiger partial charge in [0.2, 0.25) is 11.8 Å². The van der Waals surface area contributed by atoms with Gasteiger partial charge in [0.05, 0.1) is 36.9 Å². The van der Waals surface area contributed by atoms with Crippen LogP contribution < -0.4 is 10.2 Å². The van der Waals surface area contributed by atoms with Crippen molar-refractivity contribution in [1.29, 1.82) is 0 Å². The minimum atomic E-state index is -1.29. The maximum atomic E-state index is 13.4. The first-order valence-electron chi connectivity index (χ1n) is 9.28. The number of nitrogens with one attached hydrogen (secondary N) is 1. The van der Waals surface area contributed by atoms with E-state index in [9.17, 15) is 14.4 Å². The Bertz CT molecular complexity index is 921. The second-order valence-corrected chi connectivity index (χ2v) is 7.30. The molecule has 2 aliphatic rings. The second-order valence-electron chi connectivity index (χ2n) is 7.30. The molecule has 0 saturated carbocycles. The molecule has 4 atom stereocenters. The van der Waals surface area contributed by atoms with E-state index in [1.54, 1.807) is 31.2 Å². The maximum absolute atomic E-state index is 13.4. The van der Waals surface area contributed by atoms with Crippen molar-refractivity contribution in [3.8, 4) is 0 Å². The first-order chi connectivity index (χ1) is 13.4. The van der Waals surface area contributed by atoms with Crippen LogP contribution in [0.15, 0.2) is 47.1 Å². The molecule has 146 valence electrons. The minimum absolute atomic E-state index is 0.304. The lowest BCUT2D eigenvalue weighted by Crippen LogP contribution is -2.55. The molecule has 7 heteroatoms. The number of fused-ring (bicyclic) bond motifs is 1. The molecule has 0 bridgehead atoms. The molecule has 28 heavy (non-hydrogen) atoms. The predicted molar refractivity (Wildman–Crippen MR) is 100 cm³/mol. The van der Waals surface area contributed by atoms with Gasteiger partial charge in [-0.2, -0.15) is 0 Å². The molecule has 0 spiro atoms. The van der Waals surface area contributed by atoms with E-state index in [0.717, 1.165) is 5.56 Å². The van der Waals surface area contributed by atoms with Crippen molar-refractivity contribution in [2.75, 3.05) is 12.0 Å². The van der Waals surface area contributed by atoms with Crippen molar-refractivity contribution in [3.05, 3.63) is 54.0 Å². The minimum Gasteiger partial charge on any atom is -0.468 e. The topological polar surface area (TPSA) is 88.8 Å². The van der Waals surface area contributed by atoms with E-state index in [1.807, 2.05) is 19.1 Å². The summed E-state index contributed by atoms with van der Waals surface area (Å²) in [5.41, 5.74) is 0.238. The van der Waals surface area contributed by atoms with Crippen molar-refractivity contribution in [1.82, 2.24) is 5.32 Å². The summed E-state index contributed by atoms with van der Waals surface area (Å²) in [6.07, 6.45) is 1.81. The van der Waals surface area contributed by atoms with Crippen LogP contribution in [0.1, 0.15) is 30.7 Å². The molecule has 3 heterocycles. The number of anilines is 1. The number of hydrogen-bond donors (Lipinski definition) is 1. The van der Waals surface area contributed by atoms with Crippen LogP contribution in [-0.4, -0.2) is 30.4 Å². The number of rotatable bonds is 4. The number of methoxy groups -OCH3 is 1. The highest BCUT2D eigenvalue weighted by atomic mass is 16.5. The summed E-state index contributed by atoms with van der Waals surface area (Å²) in [6, 6.07) is 10.0. The quantitative estimate of drug-likeness (QED) is 0.645. The summed E-state index contributed by atoms with van der Waals surface area (Å²) in [4.78, 5) is 40.8. The van der Waals surface area contributed by atoms with Gasteiger partial charge >= 0.3 is 5.97 Å². The number of aryl methyl sites for hydroxylation is 1. The number of carbonyl (C=O) groups excluding carboxylic acids is 3. The summed E-state index contributed by atoms with van der Waals surface area (Å²) >= 11 is 0. The summed E-state index contributed by atoms with van der Waals surface area (Å²) in [7, 11) is 1.29. The average Bonchev–Trinajstić information content (AvgIpc) is 3.39. The number of ether oxygens (including phenoxy) is 1. The summed E-state index contributed by atoms with van der Waals surface area (Å²) in [5, 5.41) is 3.21. The van der Waals surface area contributed by atoms with Crippen molar-refractivity contribution < 1.29 is 23.5 Å². The maximum Gasteiger partial charge on any atom is 0.326 e. The van der Waals surface area contributed by atoms with Gasteiger partial charge in [-0.25, -0.2) is 4.90 Å². The van der Waals surface area contributed by atoms with Crippen LogP contribution in [0.3, 0.4) is 0 Å². The molecule has 1 N–H and O–H groups in total. The van der Waals surface area contributed by atoms with Crippen molar-refractivity contribution in [2.24, 2.45) is 11.8 Å².